The Balaban J connectivity index is 2.08. The third-order valence-corrected chi connectivity index (χ3v) is 4.30. The highest BCUT2D eigenvalue weighted by atomic mass is 35.5. The van der Waals surface area contributed by atoms with E-state index in [9.17, 15) is 9.59 Å². The molecule has 0 aromatic heterocycles. The van der Waals surface area contributed by atoms with Crippen molar-refractivity contribution in [1.29, 1.82) is 0 Å². The van der Waals surface area contributed by atoms with Crippen molar-refractivity contribution >= 4 is 29.2 Å². The highest BCUT2D eigenvalue weighted by Crippen LogP contribution is 2.32. The zero-order valence-electron chi connectivity index (χ0n) is 15.5. The third-order valence-electron chi connectivity index (χ3n) is 4.05. The lowest BCUT2D eigenvalue weighted by molar-refractivity contribution is -0.119. The first kappa shape index (κ1) is 20.0. The number of halogens is 1. The van der Waals surface area contributed by atoms with Gasteiger partial charge >= 0.3 is 5.97 Å². The first-order chi connectivity index (χ1) is 12.3. The Morgan fingerprint density at radius 2 is 1.50 bits per heavy atom. The van der Waals surface area contributed by atoms with Crippen LogP contribution in [0.5, 0.6) is 0 Å². The molecule has 2 aromatic rings. The molecule has 0 heterocycles. The summed E-state index contributed by atoms with van der Waals surface area (Å²) in [6.07, 6.45) is 0. The van der Waals surface area contributed by atoms with Crippen LogP contribution >= 0.6 is 11.6 Å². The molecule has 138 valence electrons. The molecule has 2 rings (SSSR count). The normalized spacial score (nSPS) is 10.9. The predicted molar refractivity (Wildman–Crippen MR) is 105 cm³/mol. The molecule has 0 aliphatic rings. The Labute approximate surface area is 159 Å². The fourth-order valence-electron chi connectivity index (χ4n) is 2.67. The second-order valence-corrected chi connectivity index (χ2v) is 7.19. The molecule has 5 heteroatoms. The molecule has 0 unspecified atom stereocenters. The van der Waals surface area contributed by atoms with Crippen LogP contribution in [0, 0.1) is 0 Å². The average molecular weight is 374 g/mol. The summed E-state index contributed by atoms with van der Waals surface area (Å²) in [5.41, 5.74) is 3.29. The van der Waals surface area contributed by atoms with Gasteiger partial charge in [-0.05, 0) is 47.2 Å². The van der Waals surface area contributed by atoms with Gasteiger partial charge in [-0.3, -0.25) is 4.79 Å². The van der Waals surface area contributed by atoms with E-state index in [1.807, 2.05) is 18.2 Å². The average Bonchev–Trinajstić information content (AvgIpc) is 2.60. The summed E-state index contributed by atoms with van der Waals surface area (Å²) in [5, 5.41) is 3.45. The second-order valence-electron chi connectivity index (χ2n) is 6.75. The van der Waals surface area contributed by atoms with Crippen molar-refractivity contribution in [2.75, 3.05) is 11.9 Å². The maximum Gasteiger partial charge on any atom is 0.338 e. The van der Waals surface area contributed by atoms with Gasteiger partial charge in [0.25, 0.3) is 5.91 Å². The summed E-state index contributed by atoms with van der Waals surface area (Å²) < 4.78 is 5.11. The van der Waals surface area contributed by atoms with Crippen LogP contribution in [0.15, 0.2) is 42.5 Å². The molecule has 26 heavy (non-hydrogen) atoms. The largest absolute Gasteiger partial charge is 0.452 e. The van der Waals surface area contributed by atoms with E-state index in [0.717, 1.165) is 16.8 Å². The van der Waals surface area contributed by atoms with Crippen LogP contribution in [-0.2, 0) is 9.53 Å². The first-order valence-electron chi connectivity index (χ1n) is 8.65. The maximum atomic E-state index is 12.3. The fourth-order valence-corrected chi connectivity index (χ4v) is 2.80. The Hall–Kier alpha value is -2.33. The minimum absolute atomic E-state index is 0.264. The van der Waals surface area contributed by atoms with Gasteiger partial charge in [-0.25, -0.2) is 4.79 Å². The van der Waals surface area contributed by atoms with Crippen LogP contribution < -0.4 is 5.32 Å². The Bertz CT molecular complexity index is 756. The first-order valence-corrected chi connectivity index (χ1v) is 9.02. The number of anilines is 1. The van der Waals surface area contributed by atoms with E-state index in [4.69, 9.17) is 16.3 Å². The van der Waals surface area contributed by atoms with Crippen molar-refractivity contribution in [3.05, 3.63) is 64.2 Å². The van der Waals surface area contributed by atoms with Gasteiger partial charge in [0.1, 0.15) is 0 Å². The molecule has 0 spiro atoms. The van der Waals surface area contributed by atoms with E-state index < -0.39 is 5.97 Å². The molecular weight excluding hydrogens is 350 g/mol. The van der Waals surface area contributed by atoms with Crippen molar-refractivity contribution in [3.8, 4) is 0 Å². The van der Waals surface area contributed by atoms with E-state index in [-0.39, 0.29) is 24.3 Å². The van der Waals surface area contributed by atoms with Crippen LogP contribution in [0.4, 0.5) is 5.69 Å². The van der Waals surface area contributed by atoms with E-state index >= 15 is 0 Å². The zero-order valence-corrected chi connectivity index (χ0v) is 16.3. The summed E-state index contributed by atoms with van der Waals surface area (Å²) in [5.74, 6) is -0.387. The van der Waals surface area contributed by atoms with Crippen molar-refractivity contribution in [2.24, 2.45) is 0 Å². The summed E-state index contributed by atoms with van der Waals surface area (Å²) >= 11 is 5.80. The van der Waals surface area contributed by atoms with Crippen LogP contribution in [-0.4, -0.2) is 18.5 Å². The van der Waals surface area contributed by atoms with Crippen molar-refractivity contribution in [2.45, 2.75) is 39.5 Å². The SMILES string of the molecule is CC(C)c1cccc(C(C)C)c1NC(=O)COC(=O)c1ccc(Cl)cc1. The number of carbonyl (C=O) groups is 2. The summed E-state index contributed by atoms with van der Waals surface area (Å²) in [6, 6.07) is 12.3. The number of esters is 1. The number of para-hydroxylation sites is 1. The monoisotopic (exact) mass is 373 g/mol. The zero-order chi connectivity index (χ0) is 19.3. The van der Waals surface area contributed by atoms with Gasteiger partial charge in [-0.2, -0.15) is 0 Å². The quantitative estimate of drug-likeness (QED) is 0.691. The number of benzene rings is 2. The maximum absolute atomic E-state index is 12.3. The third kappa shape index (κ3) is 5.09. The van der Waals surface area contributed by atoms with Gasteiger partial charge in [0.2, 0.25) is 0 Å². The number of hydrogen-bond acceptors (Lipinski definition) is 3. The summed E-state index contributed by atoms with van der Waals surface area (Å²) in [6.45, 7) is 7.97. The van der Waals surface area contributed by atoms with Crippen molar-refractivity contribution in [1.82, 2.24) is 0 Å². The van der Waals surface area contributed by atoms with Crippen LogP contribution in [0.2, 0.25) is 5.02 Å². The summed E-state index contributed by atoms with van der Waals surface area (Å²) in [7, 11) is 0. The van der Waals surface area contributed by atoms with Crippen LogP contribution in [0.3, 0.4) is 0 Å². The molecule has 4 nitrogen and oxygen atoms in total. The van der Waals surface area contributed by atoms with Crippen molar-refractivity contribution in [3.63, 3.8) is 0 Å². The van der Waals surface area contributed by atoms with Gasteiger partial charge < -0.3 is 10.1 Å². The van der Waals surface area contributed by atoms with Gasteiger partial charge in [-0.15, -0.1) is 0 Å². The molecule has 0 atom stereocenters. The molecule has 0 aliphatic carbocycles. The predicted octanol–water partition coefficient (Wildman–Crippen LogP) is 5.38. The number of amides is 1. The molecule has 1 amide bonds. The number of nitrogens with one attached hydrogen (secondary N) is 1. The second kappa shape index (κ2) is 8.86. The molecular formula is C21H24ClNO3. The number of ether oxygens (including phenoxy) is 1. The topological polar surface area (TPSA) is 55.4 Å². The minimum Gasteiger partial charge on any atom is -0.452 e. The smallest absolute Gasteiger partial charge is 0.338 e. The molecule has 0 radical (unpaired) electrons. The lowest BCUT2D eigenvalue weighted by Gasteiger charge is -2.20. The lowest BCUT2D eigenvalue weighted by atomic mass is 9.92. The summed E-state index contributed by atoms with van der Waals surface area (Å²) in [4.78, 5) is 24.4. The number of carbonyl (C=O) groups excluding carboxylic acids is 2. The highest BCUT2D eigenvalue weighted by Gasteiger charge is 2.17. The van der Waals surface area contributed by atoms with Gasteiger partial charge in [0.05, 0.1) is 5.56 Å². The minimum atomic E-state index is -0.557. The molecule has 2 aromatic carbocycles. The van der Waals surface area contributed by atoms with Crippen molar-refractivity contribution < 1.29 is 14.3 Å². The lowest BCUT2D eigenvalue weighted by Crippen LogP contribution is -2.22. The van der Waals surface area contributed by atoms with Crippen LogP contribution in [0.25, 0.3) is 0 Å². The Kier molecular flexibility index (Phi) is 6.81. The standard InChI is InChI=1S/C21H24ClNO3/c1-13(2)17-6-5-7-18(14(3)4)20(17)23-19(24)12-26-21(25)15-8-10-16(22)11-9-15/h5-11,13-14H,12H2,1-4H3,(H,23,24). The highest BCUT2D eigenvalue weighted by molar-refractivity contribution is 6.30. The van der Waals surface area contributed by atoms with E-state index in [1.165, 1.54) is 0 Å². The van der Waals surface area contributed by atoms with Gasteiger partial charge in [-0.1, -0.05) is 57.5 Å². The Morgan fingerprint density at radius 3 is 2.00 bits per heavy atom. The molecule has 0 fully saturated rings. The Morgan fingerprint density at radius 1 is 0.962 bits per heavy atom. The number of hydrogen-bond donors (Lipinski definition) is 1. The van der Waals surface area contributed by atoms with E-state index in [0.29, 0.717) is 10.6 Å². The van der Waals surface area contributed by atoms with E-state index in [1.54, 1.807) is 24.3 Å². The molecule has 0 aliphatic heterocycles. The van der Waals surface area contributed by atoms with Gasteiger partial charge in [0, 0.05) is 10.7 Å². The molecule has 0 saturated carbocycles. The molecule has 1 N–H and O–H groups in total. The van der Waals surface area contributed by atoms with E-state index in [2.05, 4.69) is 33.0 Å². The van der Waals surface area contributed by atoms with Crippen LogP contribution in [0.1, 0.15) is 61.0 Å². The van der Waals surface area contributed by atoms with Gasteiger partial charge in [0.15, 0.2) is 6.61 Å². The molecule has 0 bridgehead atoms. The fraction of sp³-hybridized carbons (Fsp3) is 0.333. The molecule has 0 saturated heterocycles. The number of rotatable bonds is 6.